The zero-order valence-corrected chi connectivity index (χ0v) is 16.1. The molecule has 0 radical (unpaired) electrons. The van der Waals surface area contributed by atoms with Gasteiger partial charge >= 0.3 is 0 Å². The molecule has 2 rings (SSSR count). The number of rotatable bonds is 10. The molecule has 0 bridgehead atoms. The van der Waals surface area contributed by atoms with Crippen LogP contribution in [-0.2, 0) is 4.79 Å². The molecule has 0 spiro atoms. The fourth-order valence-corrected chi connectivity index (χ4v) is 3.82. The molecule has 1 aromatic heterocycles. The van der Waals surface area contributed by atoms with Gasteiger partial charge in [0.1, 0.15) is 6.04 Å². The number of benzene rings is 1. The summed E-state index contributed by atoms with van der Waals surface area (Å²) in [5.74, 6) is 0.336. The first-order chi connectivity index (χ1) is 12.1. The van der Waals surface area contributed by atoms with Crippen LogP contribution in [0.15, 0.2) is 47.3 Å². The highest BCUT2D eigenvalue weighted by Gasteiger charge is 2.18. The van der Waals surface area contributed by atoms with Crippen molar-refractivity contribution in [3.63, 3.8) is 0 Å². The summed E-state index contributed by atoms with van der Waals surface area (Å²) >= 11 is 2.84. The van der Waals surface area contributed by atoms with E-state index < -0.39 is 0 Å². The summed E-state index contributed by atoms with van der Waals surface area (Å²) in [6, 6.07) is 10.5. The van der Waals surface area contributed by atoms with Gasteiger partial charge in [-0.25, -0.2) is 0 Å². The summed E-state index contributed by atoms with van der Waals surface area (Å²) in [6.45, 7) is 4.90. The zero-order valence-electron chi connectivity index (χ0n) is 14.5. The third kappa shape index (κ3) is 6.49. The number of carbonyl (C=O) groups excluding carboxylic acids is 1. The zero-order chi connectivity index (χ0) is 18.1. The van der Waals surface area contributed by atoms with Gasteiger partial charge in [0.05, 0.1) is 26.4 Å². The van der Waals surface area contributed by atoms with Crippen molar-refractivity contribution in [3.8, 4) is 0 Å². The lowest BCUT2D eigenvalue weighted by atomic mass is 10.1. The van der Waals surface area contributed by atoms with Crippen LogP contribution in [0.4, 0.5) is 5.13 Å². The Labute approximate surface area is 156 Å². The number of quaternary nitrogens is 1. The van der Waals surface area contributed by atoms with E-state index in [-0.39, 0.29) is 11.9 Å². The molecule has 6 nitrogen and oxygen atoms in total. The van der Waals surface area contributed by atoms with Gasteiger partial charge < -0.3 is 15.5 Å². The molecule has 1 atom stereocenters. The number of anilines is 1. The normalized spacial score (nSPS) is 12.0. The number of hydrogen-bond acceptors (Lipinski definition) is 6. The molecule has 1 aromatic carbocycles. The van der Waals surface area contributed by atoms with Crippen molar-refractivity contribution in [1.82, 2.24) is 15.5 Å². The minimum atomic E-state index is 0.00276. The van der Waals surface area contributed by atoms with E-state index in [2.05, 4.69) is 53.6 Å². The second-order valence-electron chi connectivity index (χ2n) is 5.68. The number of carbonyl (C=O) groups is 1. The quantitative estimate of drug-likeness (QED) is 0.428. The largest absolute Gasteiger partial charge is 0.357 e. The second-order valence-corrected chi connectivity index (χ2v) is 7.88. The first-order valence-electron chi connectivity index (χ1n) is 8.03. The fourth-order valence-electron chi connectivity index (χ4n) is 2.23. The number of nitrogens with zero attached hydrogens (tertiary/aromatic N) is 2. The monoisotopic (exact) mass is 378 g/mol. The maximum absolute atomic E-state index is 12.1. The Balaban J connectivity index is 1.79. The highest BCUT2D eigenvalue weighted by Crippen LogP contribution is 2.25. The van der Waals surface area contributed by atoms with Gasteiger partial charge in [0, 0.05) is 12.1 Å². The minimum Gasteiger partial charge on any atom is -0.357 e. The predicted molar refractivity (Wildman–Crippen MR) is 104 cm³/mol. The molecule has 8 heteroatoms. The smallest absolute Gasteiger partial charge is 0.230 e. The SMILES string of the molecule is C=CCNc1nnc(SCC(=O)NC[C@H](c2ccccc2)[NH+](C)C)s1. The van der Waals surface area contributed by atoms with Crippen LogP contribution in [0.25, 0.3) is 0 Å². The van der Waals surface area contributed by atoms with Crippen molar-refractivity contribution < 1.29 is 9.69 Å². The van der Waals surface area contributed by atoms with Crippen LogP contribution in [0.3, 0.4) is 0 Å². The molecule has 0 saturated carbocycles. The van der Waals surface area contributed by atoms with E-state index in [1.54, 1.807) is 6.08 Å². The first kappa shape index (κ1) is 19.4. The van der Waals surface area contributed by atoms with E-state index in [0.29, 0.717) is 18.8 Å². The van der Waals surface area contributed by atoms with Gasteiger partial charge in [-0.05, 0) is 0 Å². The Morgan fingerprint density at radius 2 is 2.12 bits per heavy atom. The van der Waals surface area contributed by atoms with Gasteiger partial charge in [-0.1, -0.05) is 59.5 Å². The van der Waals surface area contributed by atoms with Crippen molar-refractivity contribution in [2.24, 2.45) is 0 Å². The molecular formula is C17H24N5OS2+. The van der Waals surface area contributed by atoms with E-state index in [0.717, 1.165) is 9.47 Å². The van der Waals surface area contributed by atoms with Crippen LogP contribution in [-0.4, -0.2) is 49.0 Å². The van der Waals surface area contributed by atoms with Crippen LogP contribution in [0, 0.1) is 0 Å². The average molecular weight is 379 g/mol. The van der Waals surface area contributed by atoms with Gasteiger partial charge in [-0.2, -0.15) is 0 Å². The Morgan fingerprint density at radius 3 is 2.80 bits per heavy atom. The second kappa shape index (κ2) is 10.2. The predicted octanol–water partition coefficient (Wildman–Crippen LogP) is 1.23. The number of amides is 1. The van der Waals surface area contributed by atoms with Crippen LogP contribution in [0.5, 0.6) is 0 Å². The summed E-state index contributed by atoms with van der Waals surface area (Å²) in [5, 5.41) is 14.9. The number of nitrogens with one attached hydrogen (secondary N) is 3. The molecular weight excluding hydrogens is 354 g/mol. The molecule has 134 valence electrons. The van der Waals surface area contributed by atoms with Crippen LogP contribution < -0.4 is 15.5 Å². The summed E-state index contributed by atoms with van der Waals surface area (Å²) in [4.78, 5) is 13.4. The highest BCUT2D eigenvalue weighted by molar-refractivity contribution is 8.01. The van der Waals surface area contributed by atoms with E-state index in [4.69, 9.17) is 0 Å². The maximum Gasteiger partial charge on any atom is 0.230 e. The Kier molecular flexibility index (Phi) is 7.90. The van der Waals surface area contributed by atoms with Crippen molar-refractivity contribution >= 4 is 34.1 Å². The lowest BCUT2D eigenvalue weighted by Crippen LogP contribution is -3.07. The van der Waals surface area contributed by atoms with Crippen LogP contribution in [0.2, 0.25) is 0 Å². The summed E-state index contributed by atoms with van der Waals surface area (Å²) < 4.78 is 0.777. The van der Waals surface area contributed by atoms with Crippen molar-refractivity contribution in [2.45, 2.75) is 10.4 Å². The molecule has 3 N–H and O–H groups in total. The molecule has 0 saturated heterocycles. The van der Waals surface area contributed by atoms with E-state index in [1.807, 2.05) is 18.2 Å². The Bertz CT molecular complexity index is 675. The van der Waals surface area contributed by atoms with E-state index in [9.17, 15) is 4.79 Å². The summed E-state index contributed by atoms with van der Waals surface area (Å²) in [6.07, 6.45) is 1.76. The molecule has 0 aliphatic carbocycles. The summed E-state index contributed by atoms with van der Waals surface area (Å²) in [5.41, 5.74) is 1.22. The molecule has 0 fully saturated rings. The van der Waals surface area contributed by atoms with Gasteiger partial charge in [0.25, 0.3) is 0 Å². The third-order valence-corrected chi connectivity index (χ3v) is 5.55. The number of thioether (sulfide) groups is 1. The van der Waals surface area contributed by atoms with Gasteiger partial charge in [0.2, 0.25) is 11.0 Å². The van der Waals surface area contributed by atoms with Gasteiger partial charge in [-0.3, -0.25) is 4.79 Å². The molecule has 1 amide bonds. The van der Waals surface area contributed by atoms with E-state index >= 15 is 0 Å². The van der Waals surface area contributed by atoms with Crippen molar-refractivity contribution in [3.05, 3.63) is 48.6 Å². The standard InChI is InChI=1S/C17H23N5OS2/c1-4-10-18-16-20-21-17(25-16)24-12-15(23)19-11-14(22(2)3)13-8-6-5-7-9-13/h4-9,14H,1,10-12H2,2-3H3,(H,18,20)(H,19,23)/p+1/t14-/m1/s1. The van der Waals surface area contributed by atoms with Crippen LogP contribution >= 0.6 is 23.1 Å². The lowest BCUT2D eigenvalue weighted by molar-refractivity contribution is -0.890. The molecule has 0 unspecified atom stereocenters. The fraction of sp³-hybridized carbons (Fsp3) is 0.353. The summed E-state index contributed by atoms with van der Waals surface area (Å²) in [7, 11) is 4.19. The lowest BCUT2D eigenvalue weighted by Gasteiger charge is -2.22. The topological polar surface area (TPSA) is 71.3 Å². The average Bonchev–Trinajstić information content (AvgIpc) is 3.07. The third-order valence-electron chi connectivity index (χ3n) is 3.53. The molecule has 0 aliphatic rings. The number of likely N-dealkylation sites (N-methyl/N-ethyl adjacent to an activating group) is 1. The highest BCUT2D eigenvalue weighted by atomic mass is 32.2. The van der Waals surface area contributed by atoms with Crippen molar-refractivity contribution in [1.29, 1.82) is 0 Å². The maximum atomic E-state index is 12.1. The molecule has 2 aromatic rings. The van der Waals surface area contributed by atoms with Gasteiger partial charge in [0.15, 0.2) is 4.34 Å². The number of aromatic nitrogens is 2. The van der Waals surface area contributed by atoms with Crippen molar-refractivity contribution in [2.75, 3.05) is 38.3 Å². The minimum absolute atomic E-state index is 0.00276. The Hall–Kier alpha value is -1.90. The molecule has 0 aliphatic heterocycles. The first-order valence-corrected chi connectivity index (χ1v) is 9.83. The Morgan fingerprint density at radius 1 is 1.36 bits per heavy atom. The van der Waals surface area contributed by atoms with Crippen LogP contribution in [0.1, 0.15) is 11.6 Å². The van der Waals surface area contributed by atoms with E-state index in [1.165, 1.54) is 33.6 Å². The van der Waals surface area contributed by atoms with Gasteiger partial charge in [-0.15, -0.1) is 16.8 Å². The number of hydrogen-bond donors (Lipinski definition) is 3. The molecule has 25 heavy (non-hydrogen) atoms. The molecule has 1 heterocycles.